The SMILES string of the molecule is COc1ccc(Cl)c2c1N(C(=O)c1ccc([N+](=O)[O-])cc1C)CCC2. The molecule has 0 unspecified atom stereocenters. The Labute approximate surface area is 150 Å². The zero-order chi connectivity index (χ0) is 18.1. The number of aryl methyl sites for hydroxylation is 1. The van der Waals surface area contributed by atoms with E-state index >= 15 is 0 Å². The highest BCUT2D eigenvalue weighted by Gasteiger charge is 2.29. The summed E-state index contributed by atoms with van der Waals surface area (Å²) in [7, 11) is 1.55. The fraction of sp³-hybridized carbons (Fsp3) is 0.278. The number of nitro benzene ring substituents is 1. The van der Waals surface area contributed by atoms with Gasteiger partial charge in [-0.05, 0) is 49.1 Å². The Balaban J connectivity index is 2.06. The van der Waals surface area contributed by atoms with Crippen LogP contribution in [-0.4, -0.2) is 24.5 Å². The molecule has 0 fully saturated rings. The van der Waals surface area contributed by atoms with E-state index in [1.807, 2.05) is 0 Å². The Morgan fingerprint density at radius 1 is 1.32 bits per heavy atom. The number of anilines is 1. The lowest BCUT2D eigenvalue weighted by Gasteiger charge is -2.32. The fourth-order valence-corrected chi connectivity index (χ4v) is 3.41. The van der Waals surface area contributed by atoms with Crippen LogP contribution < -0.4 is 9.64 Å². The molecule has 0 radical (unpaired) electrons. The van der Waals surface area contributed by atoms with Crippen LogP contribution in [0, 0.1) is 17.0 Å². The Morgan fingerprint density at radius 2 is 2.08 bits per heavy atom. The third-order valence-electron chi connectivity index (χ3n) is 4.38. The molecule has 0 bridgehead atoms. The molecule has 7 heteroatoms. The summed E-state index contributed by atoms with van der Waals surface area (Å²) in [5, 5.41) is 11.5. The van der Waals surface area contributed by atoms with Gasteiger partial charge in [0.1, 0.15) is 5.75 Å². The Hall–Kier alpha value is -2.60. The van der Waals surface area contributed by atoms with Crippen LogP contribution in [0.3, 0.4) is 0 Å². The average molecular weight is 361 g/mol. The second-order valence-electron chi connectivity index (χ2n) is 5.89. The molecule has 0 saturated carbocycles. The molecular weight excluding hydrogens is 344 g/mol. The van der Waals surface area contributed by atoms with E-state index in [9.17, 15) is 14.9 Å². The molecule has 1 heterocycles. The summed E-state index contributed by atoms with van der Waals surface area (Å²) in [6, 6.07) is 7.77. The molecule has 6 nitrogen and oxygen atoms in total. The summed E-state index contributed by atoms with van der Waals surface area (Å²) >= 11 is 6.31. The number of benzene rings is 2. The lowest BCUT2D eigenvalue weighted by molar-refractivity contribution is -0.384. The molecule has 0 aliphatic carbocycles. The van der Waals surface area contributed by atoms with Crippen molar-refractivity contribution in [2.45, 2.75) is 19.8 Å². The number of ether oxygens (including phenoxy) is 1. The summed E-state index contributed by atoms with van der Waals surface area (Å²) in [5.74, 6) is 0.376. The molecule has 25 heavy (non-hydrogen) atoms. The van der Waals surface area contributed by atoms with Crippen LogP contribution in [0.25, 0.3) is 0 Å². The minimum absolute atomic E-state index is 0.0336. The molecule has 0 saturated heterocycles. The number of fused-ring (bicyclic) bond motifs is 1. The van der Waals surface area contributed by atoms with Gasteiger partial charge in [0, 0.05) is 29.3 Å². The quantitative estimate of drug-likeness (QED) is 0.608. The predicted octanol–water partition coefficient (Wildman–Crippen LogP) is 4.16. The van der Waals surface area contributed by atoms with Gasteiger partial charge in [-0.3, -0.25) is 14.9 Å². The second-order valence-corrected chi connectivity index (χ2v) is 6.30. The van der Waals surface area contributed by atoms with Crippen LogP contribution in [0.4, 0.5) is 11.4 Å². The van der Waals surface area contributed by atoms with Crippen LogP contribution >= 0.6 is 11.6 Å². The van der Waals surface area contributed by atoms with Crippen LogP contribution in [0.1, 0.15) is 27.9 Å². The number of hydrogen-bond donors (Lipinski definition) is 0. The van der Waals surface area contributed by atoms with E-state index in [4.69, 9.17) is 16.3 Å². The normalized spacial score (nSPS) is 13.3. The van der Waals surface area contributed by atoms with Crippen molar-refractivity contribution in [1.29, 1.82) is 0 Å². The number of nitrogens with zero attached hydrogens (tertiary/aromatic N) is 2. The number of methoxy groups -OCH3 is 1. The van der Waals surface area contributed by atoms with E-state index in [0.717, 1.165) is 18.4 Å². The molecule has 0 aromatic heterocycles. The smallest absolute Gasteiger partial charge is 0.269 e. The number of nitro groups is 1. The van der Waals surface area contributed by atoms with Crippen molar-refractivity contribution in [3.63, 3.8) is 0 Å². The van der Waals surface area contributed by atoms with E-state index in [1.54, 1.807) is 31.1 Å². The third-order valence-corrected chi connectivity index (χ3v) is 4.74. The molecule has 1 aliphatic rings. The number of carbonyl (C=O) groups is 1. The Bertz CT molecular complexity index is 866. The fourth-order valence-electron chi connectivity index (χ4n) is 3.16. The van der Waals surface area contributed by atoms with E-state index in [2.05, 4.69) is 0 Å². The summed E-state index contributed by atoms with van der Waals surface area (Å²) in [6.07, 6.45) is 1.56. The van der Waals surface area contributed by atoms with Gasteiger partial charge in [0.25, 0.3) is 11.6 Å². The number of hydrogen-bond acceptors (Lipinski definition) is 4. The molecule has 2 aromatic carbocycles. The number of rotatable bonds is 3. The maximum absolute atomic E-state index is 13.1. The summed E-state index contributed by atoms with van der Waals surface area (Å²) in [5.41, 5.74) is 2.53. The van der Waals surface area contributed by atoms with Gasteiger partial charge in [0.2, 0.25) is 0 Å². The van der Waals surface area contributed by atoms with Crippen molar-refractivity contribution in [3.8, 4) is 5.75 Å². The van der Waals surface area contributed by atoms with Crippen molar-refractivity contribution >= 4 is 28.9 Å². The number of non-ortho nitro benzene ring substituents is 1. The van der Waals surface area contributed by atoms with E-state index in [-0.39, 0.29) is 11.6 Å². The maximum Gasteiger partial charge on any atom is 0.269 e. The molecule has 130 valence electrons. The van der Waals surface area contributed by atoms with Crippen LogP contribution in [0.2, 0.25) is 5.02 Å². The second kappa shape index (κ2) is 6.72. The summed E-state index contributed by atoms with van der Waals surface area (Å²) < 4.78 is 5.42. The lowest BCUT2D eigenvalue weighted by atomic mass is 9.98. The number of carbonyl (C=O) groups excluding carboxylic acids is 1. The molecule has 0 atom stereocenters. The first kappa shape index (κ1) is 17.2. The van der Waals surface area contributed by atoms with Gasteiger partial charge < -0.3 is 9.64 Å². The van der Waals surface area contributed by atoms with Gasteiger partial charge in [-0.15, -0.1) is 0 Å². The molecule has 0 spiro atoms. The minimum atomic E-state index is -0.472. The van der Waals surface area contributed by atoms with E-state index in [1.165, 1.54) is 18.2 Å². The Morgan fingerprint density at radius 3 is 2.72 bits per heavy atom. The largest absolute Gasteiger partial charge is 0.495 e. The molecule has 0 N–H and O–H groups in total. The molecule has 1 aliphatic heterocycles. The van der Waals surface area contributed by atoms with Gasteiger partial charge in [0.05, 0.1) is 17.7 Å². The van der Waals surface area contributed by atoms with E-state index < -0.39 is 4.92 Å². The average Bonchev–Trinajstić information content (AvgIpc) is 2.61. The van der Waals surface area contributed by atoms with Gasteiger partial charge >= 0.3 is 0 Å². The highest BCUT2D eigenvalue weighted by molar-refractivity contribution is 6.32. The molecular formula is C18H17ClN2O4. The van der Waals surface area contributed by atoms with Crippen LogP contribution in [0.5, 0.6) is 5.75 Å². The highest BCUT2D eigenvalue weighted by Crippen LogP contribution is 2.41. The van der Waals surface area contributed by atoms with Crippen molar-refractivity contribution in [1.82, 2.24) is 0 Å². The zero-order valence-corrected chi connectivity index (χ0v) is 14.7. The highest BCUT2D eigenvalue weighted by atomic mass is 35.5. The van der Waals surface area contributed by atoms with E-state index in [0.29, 0.717) is 34.1 Å². The molecule has 1 amide bonds. The van der Waals surface area contributed by atoms with Crippen LogP contribution in [0.15, 0.2) is 30.3 Å². The number of halogens is 1. The number of amides is 1. The topological polar surface area (TPSA) is 72.7 Å². The van der Waals surface area contributed by atoms with Crippen molar-refractivity contribution in [2.75, 3.05) is 18.6 Å². The standard InChI is InChI=1S/C18H17ClN2O4/c1-11-10-12(21(23)24)5-6-13(11)18(22)20-9-3-4-14-15(19)7-8-16(25-2)17(14)20/h5-8,10H,3-4,9H2,1-2H3. The third kappa shape index (κ3) is 3.05. The predicted molar refractivity (Wildman–Crippen MR) is 95.8 cm³/mol. The minimum Gasteiger partial charge on any atom is -0.495 e. The Kier molecular flexibility index (Phi) is 4.63. The summed E-state index contributed by atoms with van der Waals surface area (Å²) in [4.78, 5) is 25.2. The first-order chi connectivity index (χ1) is 11.9. The van der Waals surface area contributed by atoms with Crippen molar-refractivity contribution in [3.05, 3.63) is 62.2 Å². The van der Waals surface area contributed by atoms with Gasteiger partial charge in [-0.25, -0.2) is 0 Å². The monoisotopic (exact) mass is 360 g/mol. The maximum atomic E-state index is 13.1. The first-order valence-electron chi connectivity index (χ1n) is 7.86. The van der Waals surface area contributed by atoms with Gasteiger partial charge in [0.15, 0.2) is 0 Å². The first-order valence-corrected chi connectivity index (χ1v) is 8.24. The van der Waals surface area contributed by atoms with Gasteiger partial charge in [-0.1, -0.05) is 11.6 Å². The zero-order valence-electron chi connectivity index (χ0n) is 13.9. The molecule has 3 rings (SSSR count). The lowest BCUT2D eigenvalue weighted by Crippen LogP contribution is -2.36. The molecule has 2 aromatic rings. The van der Waals surface area contributed by atoms with Gasteiger partial charge in [-0.2, -0.15) is 0 Å². The summed E-state index contributed by atoms with van der Waals surface area (Å²) in [6.45, 7) is 2.24. The van der Waals surface area contributed by atoms with Crippen LogP contribution in [-0.2, 0) is 6.42 Å². The van der Waals surface area contributed by atoms with Crippen molar-refractivity contribution in [2.24, 2.45) is 0 Å². The van der Waals surface area contributed by atoms with Crippen molar-refractivity contribution < 1.29 is 14.5 Å².